The molecule has 1 aliphatic heterocycles. The van der Waals surface area contributed by atoms with E-state index in [0.29, 0.717) is 29.1 Å². The van der Waals surface area contributed by atoms with Crippen molar-refractivity contribution in [2.75, 3.05) is 13.6 Å². The average molecular weight is 301 g/mol. The summed E-state index contributed by atoms with van der Waals surface area (Å²) in [7, 11) is 1.81. The Balaban J connectivity index is 1.92. The Morgan fingerprint density at radius 1 is 1.47 bits per heavy atom. The van der Waals surface area contributed by atoms with E-state index in [2.05, 4.69) is 5.32 Å². The second-order valence-electron chi connectivity index (χ2n) is 4.98. The predicted octanol–water partition coefficient (Wildman–Crippen LogP) is 3.09. The summed E-state index contributed by atoms with van der Waals surface area (Å²) < 4.78 is 0. The van der Waals surface area contributed by atoms with Crippen LogP contribution in [0.1, 0.15) is 24.8 Å². The van der Waals surface area contributed by atoms with Crippen molar-refractivity contribution in [3.8, 4) is 0 Å². The van der Waals surface area contributed by atoms with Crippen LogP contribution in [0.25, 0.3) is 0 Å². The molecule has 19 heavy (non-hydrogen) atoms. The lowest BCUT2D eigenvalue weighted by Crippen LogP contribution is -2.33. The molecular weight excluding hydrogens is 283 g/mol. The summed E-state index contributed by atoms with van der Waals surface area (Å²) in [6.45, 7) is 1.53. The summed E-state index contributed by atoms with van der Waals surface area (Å²) in [5.41, 5.74) is 0.918. The number of nitrogens with zero attached hydrogens (tertiary/aromatic N) is 1. The van der Waals surface area contributed by atoms with E-state index in [4.69, 9.17) is 23.2 Å². The van der Waals surface area contributed by atoms with Crippen LogP contribution in [0.5, 0.6) is 0 Å². The minimum atomic E-state index is 0.144. The molecule has 0 saturated carbocycles. The van der Waals surface area contributed by atoms with Gasteiger partial charge in [0.05, 0.1) is 0 Å². The minimum absolute atomic E-state index is 0.144. The summed E-state index contributed by atoms with van der Waals surface area (Å²) in [4.78, 5) is 13.8. The van der Waals surface area contributed by atoms with Crippen molar-refractivity contribution >= 4 is 29.1 Å². The molecule has 1 saturated heterocycles. The first-order valence-corrected chi connectivity index (χ1v) is 7.23. The van der Waals surface area contributed by atoms with E-state index in [1.165, 1.54) is 0 Å². The van der Waals surface area contributed by atoms with Crippen molar-refractivity contribution in [3.05, 3.63) is 33.8 Å². The highest BCUT2D eigenvalue weighted by Crippen LogP contribution is 2.22. The molecule has 0 spiro atoms. The van der Waals surface area contributed by atoms with Gasteiger partial charge in [0.15, 0.2) is 0 Å². The van der Waals surface area contributed by atoms with Crippen LogP contribution in [0.3, 0.4) is 0 Å². The minimum Gasteiger partial charge on any atom is -0.341 e. The zero-order valence-electron chi connectivity index (χ0n) is 11.0. The van der Waals surface area contributed by atoms with Crippen LogP contribution >= 0.6 is 23.2 Å². The fraction of sp³-hybridized carbons (Fsp3) is 0.500. The van der Waals surface area contributed by atoms with Crippen molar-refractivity contribution in [1.29, 1.82) is 0 Å². The third-order valence-corrected chi connectivity index (χ3v) is 4.02. The van der Waals surface area contributed by atoms with E-state index in [1.54, 1.807) is 17.0 Å². The largest absolute Gasteiger partial charge is 0.341 e. The van der Waals surface area contributed by atoms with Crippen LogP contribution in [0.15, 0.2) is 18.2 Å². The second kappa shape index (κ2) is 6.60. The maximum absolute atomic E-state index is 12.1. The van der Waals surface area contributed by atoms with Crippen molar-refractivity contribution in [1.82, 2.24) is 10.2 Å². The number of hydrogen-bond donors (Lipinski definition) is 1. The molecular formula is C14H18Cl2N2O. The molecule has 0 bridgehead atoms. The number of hydrogen-bond acceptors (Lipinski definition) is 2. The van der Waals surface area contributed by atoms with E-state index in [9.17, 15) is 4.79 Å². The van der Waals surface area contributed by atoms with Crippen LogP contribution in [0.4, 0.5) is 0 Å². The Hall–Kier alpha value is -0.770. The van der Waals surface area contributed by atoms with Gasteiger partial charge in [-0.15, -0.1) is 0 Å². The van der Waals surface area contributed by atoms with Crippen LogP contribution < -0.4 is 5.32 Å². The SMILES string of the molecule is CN(Cc1ccc(Cl)cc1Cl)C(=O)CC1CCCN1. The fourth-order valence-electron chi connectivity index (χ4n) is 2.29. The van der Waals surface area contributed by atoms with Gasteiger partial charge in [-0.1, -0.05) is 29.3 Å². The summed E-state index contributed by atoms with van der Waals surface area (Å²) >= 11 is 12.0. The lowest BCUT2D eigenvalue weighted by Gasteiger charge is -2.20. The van der Waals surface area contributed by atoms with E-state index in [-0.39, 0.29) is 5.91 Å². The van der Waals surface area contributed by atoms with Crippen molar-refractivity contribution in [2.45, 2.75) is 31.8 Å². The second-order valence-corrected chi connectivity index (χ2v) is 5.83. The molecule has 0 aromatic heterocycles. The summed E-state index contributed by atoms with van der Waals surface area (Å²) in [5, 5.41) is 4.55. The topological polar surface area (TPSA) is 32.3 Å². The number of carbonyl (C=O) groups is 1. The lowest BCUT2D eigenvalue weighted by atomic mass is 10.1. The van der Waals surface area contributed by atoms with Crippen LogP contribution in [0, 0.1) is 0 Å². The third kappa shape index (κ3) is 4.10. The summed E-state index contributed by atoms with van der Waals surface area (Å²) in [6.07, 6.45) is 2.80. The number of halogens is 2. The van der Waals surface area contributed by atoms with Gasteiger partial charge in [0.2, 0.25) is 5.91 Å². The Morgan fingerprint density at radius 3 is 2.89 bits per heavy atom. The molecule has 0 aliphatic carbocycles. The Labute approximate surface area is 123 Å². The van der Waals surface area contributed by atoms with Crippen LogP contribution in [-0.4, -0.2) is 30.4 Å². The molecule has 1 amide bonds. The van der Waals surface area contributed by atoms with Crippen molar-refractivity contribution in [2.24, 2.45) is 0 Å². The highest BCUT2D eigenvalue weighted by atomic mass is 35.5. The van der Waals surface area contributed by atoms with Crippen molar-refractivity contribution < 1.29 is 4.79 Å². The van der Waals surface area contributed by atoms with Gasteiger partial charge in [-0.2, -0.15) is 0 Å². The molecule has 2 rings (SSSR count). The number of carbonyl (C=O) groups excluding carboxylic acids is 1. The molecule has 1 atom stereocenters. The van der Waals surface area contributed by atoms with Crippen LogP contribution in [0.2, 0.25) is 10.0 Å². The van der Waals surface area contributed by atoms with E-state index in [0.717, 1.165) is 24.9 Å². The highest BCUT2D eigenvalue weighted by Gasteiger charge is 2.20. The lowest BCUT2D eigenvalue weighted by molar-refractivity contribution is -0.130. The molecule has 1 fully saturated rings. The molecule has 1 heterocycles. The molecule has 1 aromatic carbocycles. The maximum Gasteiger partial charge on any atom is 0.224 e. The number of amides is 1. The molecule has 1 N–H and O–H groups in total. The Morgan fingerprint density at radius 2 is 2.26 bits per heavy atom. The van der Waals surface area contributed by atoms with Gasteiger partial charge in [-0.25, -0.2) is 0 Å². The smallest absolute Gasteiger partial charge is 0.224 e. The van der Waals surface area contributed by atoms with E-state index in [1.807, 2.05) is 13.1 Å². The molecule has 5 heteroatoms. The molecule has 104 valence electrons. The standard InChI is InChI=1S/C14H18Cl2N2O/c1-18(14(19)8-12-3-2-6-17-12)9-10-4-5-11(15)7-13(10)16/h4-5,7,12,17H,2-3,6,8-9H2,1H3. The fourth-order valence-corrected chi connectivity index (χ4v) is 2.76. The zero-order valence-corrected chi connectivity index (χ0v) is 12.5. The molecule has 1 unspecified atom stereocenters. The van der Waals surface area contributed by atoms with Gasteiger partial charge in [0.25, 0.3) is 0 Å². The van der Waals surface area contributed by atoms with Gasteiger partial charge >= 0.3 is 0 Å². The van der Waals surface area contributed by atoms with Crippen molar-refractivity contribution in [3.63, 3.8) is 0 Å². The number of nitrogens with one attached hydrogen (secondary N) is 1. The average Bonchev–Trinajstić information content (AvgIpc) is 2.85. The first-order valence-electron chi connectivity index (χ1n) is 6.47. The summed E-state index contributed by atoms with van der Waals surface area (Å²) in [6, 6.07) is 5.69. The third-order valence-electron chi connectivity index (χ3n) is 3.43. The Kier molecular flexibility index (Phi) is 5.08. The van der Waals surface area contributed by atoms with Crippen LogP contribution in [-0.2, 0) is 11.3 Å². The summed E-state index contributed by atoms with van der Waals surface area (Å²) in [5.74, 6) is 0.144. The van der Waals surface area contributed by atoms with Gasteiger partial charge in [0.1, 0.15) is 0 Å². The number of rotatable bonds is 4. The van der Waals surface area contributed by atoms with Gasteiger partial charge in [0, 0.05) is 36.1 Å². The first kappa shape index (κ1) is 14.6. The maximum atomic E-state index is 12.1. The molecule has 1 aliphatic rings. The quantitative estimate of drug-likeness (QED) is 0.927. The van der Waals surface area contributed by atoms with Gasteiger partial charge < -0.3 is 10.2 Å². The Bertz CT molecular complexity index is 459. The highest BCUT2D eigenvalue weighted by molar-refractivity contribution is 6.35. The zero-order chi connectivity index (χ0) is 13.8. The van der Waals surface area contributed by atoms with E-state index >= 15 is 0 Å². The normalized spacial score (nSPS) is 18.6. The monoisotopic (exact) mass is 300 g/mol. The van der Waals surface area contributed by atoms with E-state index < -0.39 is 0 Å². The number of benzene rings is 1. The van der Waals surface area contributed by atoms with Gasteiger partial charge in [-0.3, -0.25) is 4.79 Å². The first-order chi connectivity index (χ1) is 9.06. The molecule has 3 nitrogen and oxygen atoms in total. The molecule has 0 radical (unpaired) electrons. The van der Waals surface area contributed by atoms with Gasteiger partial charge in [-0.05, 0) is 37.1 Å². The predicted molar refractivity (Wildman–Crippen MR) is 78.6 cm³/mol. The molecule has 1 aromatic rings.